The van der Waals surface area contributed by atoms with Crippen LogP contribution in [0.4, 0.5) is 0 Å². The van der Waals surface area contributed by atoms with Crippen LogP contribution in [0.1, 0.15) is 20.8 Å². The summed E-state index contributed by atoms with van der Waals surface area (Å²) in [7, 11) is 0. The largest absolute Gasteiger partial charge is 0.482 e. The van der Waals surface area contributed by atoms with Gasteiger partial charge in [-0.25, -0.2) is 0 Å². The summed E-state index contributed by atoms with van der Waals surface area (Å²) in [6, 6.07) is -0.120. The molecule has 0 spiro atoms. The summed E-state index contributed by atoms with van der Waals surface area (Å²) in [5.74, 6) is -3.37. The molecule has 0 bridgehead atoms. The van der Waals surface area contributed by atoms with Gasteiger partial charge in [0.05, 0.1) is 12.8 Å². The minimum atomic E-state index is -3.37. The van der Waals surface area contributed by atoms with Gasteiger partial charge in [0.15, 0.2) is 0 Å². The molecule has 0 amide bonds. The van der Waals surface area contributed by atoms with Crippen molar-refractivity contribution < 1.29 is 9.30 Å². The minimum absolute atomic E-state index is 0.114. The smallest absolute Gasteiger partial charge is 0.345 e. The molecule has 14 heavy (non-hydrogen) atoms. The molecule has 0 unspecified atom stereocenters. The number of hydrogen-bond acceptors (Lipinski definition) is 2. The van der Waals surface area contributed by atoms with Gasteiger partial charge in [-0.3, -0.25) is 9.24 Å². The Bertz CT molecular complexity index is 251. The third kappa shape index (κ3) is 5.35. The zero-order valence-electron chi connectivity index (χ0n) is 8.21. The Morgan fingerprint density at radius 3 is 2.36 bits per heavy atom. The van der Waals surface area contributed by atoms with Crippen LogP contribution in [0.3, 0.4) is 0 Å². The molecule has 0 aromatic rings. The SMILES string of the molecule is CCO/C(Cl)=C/N(C(C)C)P(=O)(Cl)Cl. The van der Waals surface area contributed by atoms with Crippen molar-refractivity contribution in [2.75, 3.05) is 6.61 Å². The lowest BCUT2D eigenvalue weighted by molar-refractivity contribution is 0.248. The predicted octanol–water partition coefficient (Wildman–Crippen LogP) is 4.36. The fourth-order valence-electron chi connectivity index (χ4n) is 0.764. The molecule has 0 N–H and O–H groups in total. The topological polar surface area (TPSA) is 29.5 Å². The first-order valence-electron chi connectivity index (χ1n) is 4.07. The molecule has 0 aromatic carbocycles. The highest BCUT2D eigenvalue weighted by Gasteiger charge is 2.25. The average Bonchev–Trinajstić information content (AvgIpc) is 1.98. The van der Waals surface area contributed by atoms with Crippen LogP contribution in [0, 0.1) is 0 Å². The van der Waals surface area contributed by atoms with Crippen LogP contribution in [0.5, 0.6) is 0 Å². The third-order valence-electron chi connectivity index (χ3n) is 1.31. The van der Waals surface area contributed by atoms with Crippen molar-refractivity contribution in [3.8, 4) is 0 Å². The van der Waals surface area contributed by atoms with E-state index in [1.54, 1.807) is 20.8 Å². The van der Waals surface area contributed by atoms with Crippen molar-refractivity contribution in [1.82, 2.24) is 4.67 Å². The number of nitrogens with zero attached hydrogens (tertiary/aromatic N) is 1. The highest BCUT2D eigenvalue weighted by molar-refractivity contribution is 8.07. The van der Waals surface area contributed by atoms with Gasteiger partial charge in [-0.15, -0.1) is 0 Å². The molecular formula is C7H13Cl3NO2P. The van der Waals surface area contributed by atoms with Gasteiger partial charge in [-0.05, 0) is 54.9 Å². The maximum Gasteiger partial charge on any atom is 0.345 e. The minimum Gasteiger partial charge on any atom is -0.482 e. The van der Waals surface area contributed by atoms with Gasteiger partial charge < -0.3 is 4.74 Å². The molecule has 3 nitrogen and oxygen atoms in total. The Balaban J connectivity index is 4.70. The first-order chi connectivity index (χ1) is 6.29. The number of hydrogen-bond donors (Lipinski definition) is 0. The highest BCUT2D eigenvalue weighted by Crippen LogP contribution is 2.61. The highest BCUT2D eigenvalue weighted by atomic mass is 35.9. The quantitative estimate of drug-likeness (QED) is 0.553. The van der Waals surface area contributed by atoms with E-state index in [2.05, 4.69) is 0 Å². The van der Waals surface area contributed by atoms with E-state index in [1.807, 2.05) is 0 Å². The summed E-state index contributed by atoms with van der Waals surface area (Å²) >= 11 is 16.7. The molecule has 0 saturated heterocycles. The van der Waals surface area contributed by atoms with Gasteiger partial charge in [0, 0.05) is 6.04 Å². The van der Waals surface area contributed by atoms with E-state index in [4.69, 9.17) is 38.8 Å². The van der Waals surface area contributed by atoms with Crippen molar-refractivity contribution >= 4 is 40.1 Å². The lowest BCUT2D eigenvalue weighted by Crippen LogP contribution is -2.19. The maximum absolute atomic E-state index is 11.4. The first-order valence-corrected chi connectivity index (χ1v) is 7.92. The van der Waals surface area contributed by atoms with E-state index in [1.165, 1.54) is 10.9 Å². The van der Waals surface area contributed by atoms with Crippen molar-refractivity contribution in [3.63, 3.8) is 0 Å². The van der Waals surface area contributed by atoms with E-state index in [0.717, 1.165) is 0 Å². The molecule has 0 aliphatic heterocycles. The summed E-state index contributed by atoms with van der Waals surface area (Å²) in [5.41, 5.74) is 0. The lowest BCUT2D eigenvalue weighted by atomic mass is 10.4. The molecule has 0 heterocycles. The first kappa shape index (κ1) is 14.4. The molecule has 0 atom stereocenters. The second kappa shape index (κ2) is 6.12. The summed E-state index contributed by atoms with van der Waals surface area (Å²) in [4.78, 5) is 0. The maximum atomic E-state index is 11.4. The Kier molecular flexibility index (Phi) is 6.31. The summed E-state index contributed by atoms with van der Waals surface area (Å²) in [5, 5.41) is 0.114. The van der Waals surface area contributed by atoms with Gasteiger partial charge in [0.1, 0.15) is 0 Å². The fourth-order valence-corrected chi connectivity index (χ4v) is 3.13. The Labute approximate surface area is 99.0 Å². The summed E-state index contributed by atoms with van der Waals surface area (Å²) in [6.07, 6.45) is 1.34. The lowest BCUT2D eigenvalue weighted by Gasteiger charge is -2.25. The van der Waals surface area contributed by atoms with Crippen LogP contribution in [0.15, 0.2) is 11.4 Å². The molecule has 0 radical (unpaired) electrons. The van der Waals surface area contributed by atoms with E-state index >= 15 is 0 Å². The molecule has 84 valence electrons. The van der Waals surface area contributed by atoms with Crippen LogP contribution in [-0.4, -0.2) is 17.3 Å². The van der Waals surface area contributed by atoms with Gasteiger partial charge in [-0.1, -0.05) is 0 Å². The second-order valence-corrected chi connectivity index (χ2v) is 7.75. The molecule has 0 rings (SSSR count). The van der Waals surface area contributed by atoms with E-state index < -0.39 is 6.00 Å². The fraction of sp³-hybridized carbons (Fsp3) is 0.714. The van der Waals surface area contributed by atoms with Gasteiger partial charge in [0.2, 0.25) is 5.22 Å². The van der Waals surface area contributed by atoms with Crippen molar-refractivity contribution in [2.45, 2.75) is 26.8 Å². The van der Waals surface area contributed by atoms with E-state index in [0.29, 0.717) is 6.61 Å². The van der Waals surface area contributed by atoms with Gasteiger partial charge in [0.25, 0.3) is 0 Å². The molecule has 0 aliphatic carbocycles. The van der Waals surface area contributed by atoms with Crippen LogP contribution in [0.25, 0.3) is 0 Å². The summed E-state index contributed by atoms with van der Waals surface area (Å²) < 4.78 is 17.6. The number of ether oxygens (including phenoxy) is 1. The molecule has 0 aromatic heterocycles. The van der Waals surface area contributed by atoms with E-state index in [9.17, 15) is 4.57 Å². The Morgan fingerprint density at radius 2 is 2.07 bits per heavy atom. The van der Waals surface area contributed by atoms with Gasteiger partial charge in [-0.2, -0.15) is 0 Å². The van der Waals surface area contributed by atoms with Crippen LogP contribution in [-0.2, 0) is 9.30 Å². The molecule has 0 aliphatic rings. The Morgan fingerprint density at radius 1 is 1.57 bits per heavy atom. The van der Waals surface area contributed by atoms with E-state index in [-0.39, 0.29) is 11.3 Å². The number of rotatable bonds is 5. The average molecular weight is 281 g/mol. The van der Waals surface area contributed by atoms with Crippen LogP contribution >= 0.6 is 40.1 Å². The molecule has 0 fully saturated rings. The second-order valence-electron chi connectivity index (χ2n) is 2.77. The monoisotopic (exact) mass is 279 g/mol. The van der Waals surface area contributed by atoms with Crippen LogP contribution in [0.2, 0.25) is 0 Å². The zero-order chi connectivity index (χ0) is 11.4. The Hall–Kier alpha value is 0.440. The molecule has 7 heteroatoms. The van der Waals surface area contributed by atoms with Crippen molar-refractivity contribution in [2.24, 2.45) is 0 Å². The normalized spacial score (nSPS) is 13.2. The predicted molar refractivity (Wildman–Crippen MR) is 61.8 cm³/mol. The van der Waals surface area contributed by atoms with Crippen molar-refractivity contribution in [3.05, 3.63) is 11.4 Å². The van der Waals surface area contributed by atoms with Crippen LogP contribution < -0.4 is 0 Å². The standard InChI is InChI=1S/C7H13Cl3NO2P/c1-4-13-7(8)5-11(6(2)3)14(9,10)12/h5-6H,4H2,1-3H3/b7-5+. The molecule has 0 saturated carbocycles. The van der Waals surface area contributed by atoms with Crippen molar-refractivity contribution in [1.29, 1.82) is 0 Å². The third-order valence-corrected chi connectivity index (χ3v) is 3.68. The molecular weight excluding hydrogens is 267 g/mol. The zero-order valence-corrected chi connectivity index (χ0v) is 11.4. The number of halogens is 3. The summed E-state index contributed by atoms with van der Waals surface area (Å²) in [6.45, 7) is 5.81. The van der Waals surface area contributed by atoms with Gasteiger partial charge >= 0.3 is 6.00 Å².